The van der Waals surface area contributed by atoms with Gasteiger partial charge >= 0.3 is 5.69 Å². The van der Waals surface area contributed by atoms with E-state index in [1.54, 1.807) is 24.0 Å². The standard InChI is InChI=1S/C22H21N9O2/c1-11-4-5-16-14(6-11)12(2)33-18-7-13(9-26-20(18)24)19-15(28-29(3)17(19)8-23)10-30-22(32)27-21(25)31(16)30/h4-7,9,12H,10H2,1-3H3,(H2,24,26)(H2,25,27,32)/t12-/m1/s1. The van der Waals surface area contributed by atoms with Gasteiger partial charge in [-0.15, -0.1) is 0 Å². The molecule has 0 fully saturated rings. The van der Waals surface area contributed by atoms with Crippen LogP contribution >= 0.6 is 0 Å². The minimum atomic E-state index is -0.532. The Kier molecular flexibility index (Phi) is 4.45. The molecule has 4 N–H and O–H groups in total. The van der Waals surface area contributed by atoms with E-state index in [0.717, 1.165) is 11.1 Å². The van der Waals surface area contributed by atoms with E-state index in [1.165, 1.54) is 9.36 Å². The van der Waals surface area contributed by atoms with Crippen molar-refractivity contribution in [3.05, 3.63) is 63.5 Å². The third kappa shape index (κ3) is 3.11. The van der Waals surface area contributed by atoms with Crippen molar-refractivity contribution in [2.24, 2.45) is 7.05 Å². The van der Waals surface area contributed by atoms with Gasteiger partial charge in [0, 0.05) is 29.9 Å². The molecule has 0 spiro atoms. The third-order valence-corrected chi connectivity index (χ3v) is 5.74. The van der Waals surface area contributed by atoms with Gasteiger partial charge in [0.1, 0.15) is 17.9 Å². The number of fused-ring (bicyclic) bond motifs is 7. The van der Waals surface area contributed by atoms with Gasteiger partial charge in [-0.25, -0.2) is 19.1 Å². The van der Waals surface area contributed by atoms with E-state index in [2.05, 4.69) is 21.1 Å². The summed E-state index contributed by atoms with van der Waals surface area (Å²) in [5, 5.41) is 14.3. The van der Waals surface area contributed by atoms with E-state index in [-0.39, 0.29) is 18.3 Å². The Bertz CT molecular complexity index is 1520. The Morgan fingerprint density at radius 3 is 2.82 bits per heavy atom. The van der Waals surface area contributed by atoms with Crippen LogP contribution in [0.15, 0.2) is 35.3 Å². The van der Waals surface area contributed by atoms with Gasteiger partial charge in [0.25, 0.3) is 0 Å². The fourth-order valence-corrected chi connectivity index (χ4v) is 4.20. The molecule has 1 aromatic carbocycles. The maximum atomic E-state index is 12.8. The molecule has 11 heteroatoms. The van der Waals surface area contributed by atoms with Crippen LogP contribution in [0.3, 0.4) is 0 Å². The number of anilines is 2. The van der Waals surface area contributed by atoms with Crippen molar-refractivity contribution < 1.29 is 4.74 Å². The zero-order valence-electron chi connectivity index (χ0n) is 18.3. The molecule has 0 saturated heterocycles. The van der Waals surface area contributed by atoms with E-state index in [9.17, 15) is 10.1 Å². The van der Waals surface area contributed by atoms with Crippen LogP contribution in [0, 0.1) is 18.3 Å². The molecule has 4 heterocycles. The topological polar surface area (TPSA) is 156 Å². The molecule has 5 rings (SSSR count). The predicted octanol–water partition coefficient (Wildman–Crippen LogP) is 1.68. The van der Waals surface area contributed by atoms with Gasteiger partial charge in [0.05, 0.1) is 17.9 Å². The fraction of sp³-hybridized carbons (Fsp3) is 0.227. The number of nitrogens with two attached hydrogens (primary N) is 2. The van der Waals surface area contributed by atoms with Gasteiger partial charge < -0.3 is 16.2 Å². The summed E-state index contributed by atoms with van der Waals surface area (Å²) in [5.74, 6) is 0.634. The molecule has 0 unspecified atom stereocenters. The van der Waals surface area contributed by atoms with Gasteiger partial charge in [0.2, 0.25) is 5.95 Å². The zero-order chi connectivity index (χ0) is 23.4. The summed E-state index contributed by atoms with van der Waals surface area (Å²) >= 11 is 0. The second-order valence-electron chi connectivity index (χ2n) is 7.96. The Labute approximate surface area is 188 Å². The van der Waals surface area contributed by atoms with Gasteiger partial charge in [-0.05, 0) is 26.0 Å². The Morgan fingerprint density at radius 1 is 1.27 bits per heavy atom. The molecule has 1 atom stereocenters. The number of rotatable bonds is 0. The normalized spacial score (nSPS) is 14.7. The maximum absolute atomic E-state index is 12.8. The SMILES string of the molecule is Cc1ccc2c(c1)[C@@H](C)Oc1cc(cnc1N)-c1c(nn(C)c1C#N)Cn1c(=O)nc(N)n1-2. The molecule has 4 aromatic rings. The zero-order valence-corrected chi connectivity index (χ0v) is 18.3. The first-order valence-electron chi connectivity index (χ1n) is 10.2. The fourth-order valence-electron chi connectivity index (χ4n) is 4.20. The highest BCUT2D eigenvalue weighted by Gasteiger charge is 2.26. The first-order chi connectivity index (χ1) is 15.8. The van der Waals surface area contributed by atoms with E-state index >= 15 is 0 Å². The largest absolute Gasteiger partial charge is 0.482 e. The van der Waals surface area contributed by atoms with Gasteiger partial charge in [-0.3, -0.25) is 4.68 Å². The summed E-state index contributed by atoms with van der Waals surface area (Å²) in [6.07, 6.45) is 1.10. The molecule has 1 aliphatic heterocycles. The van der Waals surface area contributed by atoms with Crippen LogP contribution in [0.1, 0.15) is 35.5 Å². The number of nitriles is 1. The molecule has 0 radical (unpaired) electrons. The Morgan fingerprint density at radius 2 is 2.06 bits per heavy atom. The first kappa shape index (κ1) is 20.3. The van der Waals surface area contributed by atoms with Crippen LogP contribution in [0.2, 0.25) is 0 Å². The molecule has 11 nitrogen and oxygen atoms in total. The van der Waals surface area contributed by atoms with Crippen molar-refractivity contribution in [1.29, 1.82) is 5.26 Å². The number of hydrogen-bond acceptors (Lipinski definition) is 8. The molecular weight excluding hydrogens is 422 g/mol. The lowest BCUT2D eigenvalue weighted by Gasteiger charge is -2.23. The number of pyridine rings is 1. The highest BCUT2D eigenvalue weighted by Crippen LogP contribution is 2.36. The van der Waals surface area contributed by atoms with E-state index < -0.39 is 11.8 Å². The summed E-state index contributed by atoms with van der Waals surface area (Å²) in [6.45, 7) is 3.88. The van der Waals surface area contributed by atoms with Gasteiger partial charge in [-0.2, -0.15) is 15.3 Å². The molecule has 0 aliphatic carbocycles. The number of hydrogen-bond donors (Lipinski definition) is 2. The smallest absolute Gasteiger partial charge is 0.366 e. The number of nitrogens with zero attached hydrogens (tertiary/aromatic N) is 7. The highest BCUT2D eigenvalue weighted by molar-refractivity contribution is 5.73. The summed E-state index contributed by atoms with van der Waals surface area (Å²) < 4.78 is 10.7. The summed E-state index contributed by atoms with van der Waals surface area (Å²) in [5.41, 5.74) is 16.2. The predicted molar refractivity (Wildman–Crippen MR) is 121 cm³/mol. The maximum Gasteiger partial charge on any atom is 0.366 e. The number of aryl methyl sites for hydroxylation is 2. The monoisotopic (exact) mass is 443 g/mol. The van der Waals surface area contributed by atoms with Crippen molar-refractivity contribution in [2.75, 3.05) is 11.5 Å². The van der Waals surface area contributed by atoms with Crippen LogP contribution in [0.25, 0.3) is 16.8 Å². The molecule has 166 valence electrons. The lowest BCUT2D eigenvalue weighted by atomic mass is 10.0. The highest BCUT2D eigenvalue weighted by atomic mass is 16.5. The lowest BCUT2D eigenvalue weighted by Crippen LogP contribution is -2.26. The van der Waals surface area contributed by atoms with Crippen LogP contribution in [0.4, 0.5) is 11.8 Å². The van der Waals surface area contributed by atoms with Gasteiger partial charge in [-0.1, -0.05) is 17.7 Å². The molecule has 1 aliphatic rings. The average Bonchev–Trinajstić information content (AvgIpc) is 3.23. The van der Waals surface area contributed by atoms with Crippen molar-refractivity contribution >= 4 is 11.8 Å². The van der Waals surface area contributed by atoms with E-state index in [0.29, 0.717) is 34.0 Å². The van der Waals surface area contributed by atoms with Crippen LogP contribution < -0.4 is 21.9 Å². The molecule has 0 saturated carbocycles. The minimum Gasteiger partial charge on any atom is -0.482 e. The van der Waals surface area contributed by atoms with Gasteiger partial charge in [0.15, 0.2) is 11.6 Å². The summed E-state index contributed by atoms with van der Waals surface area (Å²) in [4.78, 5) is 21.1. The number of aromatic nitrogens is 6. The quantitative estimate of drug-likeness (QED) is 0.416. The molecule has 0 amide bonds. The van der Waals surface area contributed by atoms with Crippen molar-refractivity contribution in [3.8, 4) is 28.6 Å². The van der Waals surface area contributed by atoms with Crippen molar-refractivity contribution in [3.63, 3.8) is 0 Å². The number of benzene rings is 1. The van der Waals surface area contributed by atoms with E-state index in [1.807, 2.05) is 32.0 Å². The Balaban J connectivity index is 1.89. The average molecular weight is 443 g/mol. The summed E-state index contributed by atoms with van der Waals surface area (Å²) in [6, 6.07) is 9.67. The van der Waals surface area contributed by atoms with E-state index in [4.69, 9.17) is 16.2 Å². The Hall–Kier alpha value is -4.59. The molecule has 33 heavy (non-hydrogen) atoms. The molecular formula is C22H21N9O2. The number of ether oxygens (including phenoxy) is 1. The van der Waals surface area contributed by atoms with Crippen LogP contribution in [-0.2, 0) is 13.6 Å². The third-order valence-electron chi connectivity index (χ3n) is 5.74. The molecule has 2 bridgehead atoms. The van der Waals surface area contributed by atoms with Crippen LogP contribution in [0.5, 0.6) is 5.75 Å². The first-order valence-corrected chi connectivity index (χ1v) is 10.2. The van der Waals surface area contributed by atoms with Crippen LogP contribution in [-0.4, -0.2) is 29.1 Å². The molecule has 3 aromatic heterocycles. The second-order valence-corrected chi connectivity index (χ2v) is 7.96. The minimum absolute atomic E-state index is 0.0343. The van der Waals surface area contributed by atoms with Crippen molar-refractivity contribution in [2.45, 2.75) is 26.5 Å². The second kappa shape index (κ2) is 7.23. The summed E-state index contributed by atoms with van der Waals surface area (Å²) in [7, 11) is 1.67. The van der Waals surface area contributed by atoms with Crippen molar-refractivity contribution in [1.82, 2.24) is 29.1 Å². The lowest BCUT2D eigenvalue weighted by molar-refractivity contribution is 0.227. The number of nitrogen functional groups attached to an aromatic ring is 2.